The number of carbonyl (C=O) groups is 2. The predicted octanol–water partition coefficient (Wildman–Crippen LogP) is 4.61. The molecule has 1 aliphatic rings. The van der Waals surface area contributed by atoms with E-state index in [9.17, 15) is 14.0 Å². The Hall–Kier alpha value is -3.41. The summed E-state index contributed by atoms with van der Waals surface area (Å²) in [6, 6.07) is 15.3. The molecule has 1 aromatic heterocycles. The highest BCUT2D eigenvalue weighted by molar-refractivity contribution is 6.06. The molecule has 1 saturated heterocycles. The van der Waals surface area contributed by atoms with Crippen molar-refractivity contribution in [3.05, 3.63) is 77.4 Å². The number of amides is 2. The maximum atomic E-state index is 13.3. The normalized spacial score (nSPS) is 13.8. The molecule has 2 heterocycles. The smallest absolute Gasteiger partial charge is 0.257 e. The zero-order chi connectivity index (χ0) is 20.5. The van der Waals surface area contributed by atoms with Gasteiger partial charge >= 0.3 is 0 Å². The molecule has 0 saturated carbocycles. The van der Waals surface area contributed by atoms with Gasteiger partial charge in [0.2, 0.25) is 5.91 Å². The van der Waals surface area contributed by atoms with Gasteiger partial charge in [0, 0.05) is 41.4 Å². The summed E-state index contributed by atoms with van der Waals surface area (Å²) in [5.74, 6) is -0.418. The van der Waals surface area contributed by atoms with Crippen LogP contribution in [0.2, 0.25) is 0 Å². The molecule has 148 valence electrons. The number of nitrogens with zero attached hydrogens (tertiary/aromatic N) is 2. The van der Waals surface area contributed by atoms with Crippen LogP contribution in [0.4, 0.5) is 15.8 Å². The molecule has 1 aliphatic heterocycles. The average Bonchev–Trinajstić information content (AvgIpc) is 3.26. The van der Waals surface area contributed by atoms with Crippen molar-refractivity contribution in [3.63, 3.8) is 0 Å². The van der Waals surface area contributed by atoms with Crippen molar-refractivity contribution in [2.24, 2.45) is 0 Å². The zero-order valence-corrected chi connectivity index (χ0v) is 16.4. The molecule has 0 aliphatic carbocycles. The topological polar surface area (TPSA) is 54.3 Å². The maximum absolute atomic E-state index is 13.3. The number of aromatic nitrogens is 1. The third-order valence-corrected chi connectivity index (χ3v) is 5.25. The van der Waals surface area contributed by atoms with Gasteiger partial charge in [0.1, 0.15) is 5.82 Å². The number of nitrogens with one attached hydrogen (secondary N) is 1. The molecule has 0 unspecified atom stereocenters. The van der Waals surface area contributed by atoms with Crippen LogP contribution in [-0.4, -0.2) is 22.9 Å². The predicted molar refractivity (Wildman–Crippen MR) is 111 cm³/mol. The van der Waals surface area contributed by atoms with Gasteiger partial charge in [-0.1, -0.05) is 6.07 Å². The fourth-order valence-electron chi connectivity index (χ4n) is 3.85. The first-order valence-corrected chi connectivity index (χ1v) is 9.61. The van der Waals surface area contributed by atoms with E-state index in [1.54, 1.807) is 23.1 Å². The van der Waals surface area contributed by atoms with E-state index in [1.807, 2.05) is 42.7 Å². The fraction of sp³-hybridized carbons (Fsp3) is 0.217. The Balaban J connectivity index is 1.59. The summed E-state index contributed by atoms with van der Waals surface area (Å²) in [5.41, 5.74) is 4.44. The van der Waals surface area contributed by atoms with Gasteiger partial charge in [-0.05, 0) is 68.8 Å². The number of anilines is 2. The summed E-state index contributed by atoms with van der Waals surface area (Å²) < 4.78 is 15.2. The summed E-state index contributed by atoms with van der Waals surface area (Å²) in [6.07, 6.45) is 1.41. The molecule has 4 rings (SSSR count). The molecule has 2 amide bonds. The molecule has 2 aromatic carbocycles. The van der Waals surface area contributed by atoms with Gasteiger partial charge in [0.05, 0.1) is 5.56 Å². The van der Waals surface area contributed by atoms with Crippen LogP contribution < -0.4 is 10.2 Å². The quantitative estimate of drug-likeness (QED) is 0.706. The number of carbonyl (C=O) groups excluding carboxylic acids is 2. The number of halogens is 1. The van der Waals surface area contributed by atoms with Crippen LogP contribution in [0, 0.1) is 19.7 Å². The summed E-state index contributed by atoms with van der Waals surface area (Å²) >= 11 is 0. The van der Waals surface area contributed by atoms with Crippen LogP contribution in [0.3, 0.4) is 0 Å². The lowest BCUT2D eigenvalue weighted by molar-refractivity contribution is -0.117. The van der Waals surface area contributed by atoms with E-state index in [2.05, 4.69) is 5.32 Å². The summed E-state index contributed by atoms with van der Waals surface area (Å²) in [6.45, 7) is 4.48. The van der Waals surface area contributed by atoms with Crippen molar-refractivity contribution < 1.29 is 14.0 Å². The number of hydrogen-bond donors (Lipinski definition) is 1. The third-order valence-electron chi connectivity index (χ3n) is 5.25. The molecular weight excluding hydrogens is 369 g/mol. The maximum Gasteiger partial charge on any atom is 0.257 e. The highest BCUT2D eigenvalue weighted by Crippen LogP contribution is 2.26. The molecule has 0 bridgehead atoms. The average molecular weight is 391 g/mol. The van der Waals surface area contributed by atoms with Gasteiger partial charge in [-0.3, -0.25) is 9.59 Å². The van der Waals surface area contributed by atoms with Crippen molar-refractivity contribution in [1.29, 1.82) is 0 Å². The van der Waals surface area contributed by atoms with E-state index in [0.29, 0.717) is 24.2 Å². The Morgan fingerprint density at radius 1 is 1.03 bits per heavy atom. The van der Waals surface area contributed by atoms with Crippen LogP contribution in [0.25, 0.3) is 5.69 Å². The van der Waals surface area contributed by atoms with Crippen LogP contribution >= 0.6 is 0 Å². The standard InChI is InChI=1S/C23H22FN3O2/c1-15-13-21(16(2)27(15)19-10-8-17(24)9-11-19)23(29)25-18-5-3-6-20(14-18)26-12-4-7-22(26)28/h3,5-6,8-11,13-14H,4,7,12H2,1-2H3,(H,25,29). The summed E-state index contributed by atoms with van der Waals surface area (Å²) in [4.78, 5) is 26.6. The molecule has 29 heavy (non-hydrogen) atoms. The van der Waals surface area contributed by atoms with Crippen LogP contribution in [-0.2, 0) is 4.79 Å². The second-order valence-electron chi connectivity index (χ2n) is 7.25. The molecule has 6 heteroatoms. The highest BCUT2D eigenvalue weighted by atomic mass is 19.1. The monoisotopic (exact) mass is 391 g/mol. The van der Waals surface area contributed by atoms with E-state index in [4.69, 9.17) is 0 Å². The van der Waals surface area contributed by atoms with Crippen LogP contribution in [0.15, 0.2) is 54.6 Å². The summed E-state index contributed by atoms with van der Waals surface area (Å²) in [5, 5.41) is 2.93. The molecule has 5 nitrogen and oxygen atoms in total. The second kappa shape index (κ2) is 7.54. The van der Waals surface area contributed by atoms with Crippen molar-refractivity contribution in [1.82, 2.24) is 4.57 Å². The number of aryl methyl sites for hydroxylation is 1. The van der Waals surface area contributed by atoms with E-state index in [1.165, 1.54) is 12.1 Å². The first kappa shape index (κ1) is 18.9. The van der Waals surface area contributed by atoms with Gasteiger partial charge < -0.3 is 14.8 Å². The van der Waals surface area contributed by atoms with Gasteiger partial charge in [-0.15, -0.1) is 0 Å². The Morgan fingerprint density at radius 2 is 1.79 bits per heavy atom. The highest BCUT2D eigenvalue weighted by Gasteiger charge is 2.22. The number of rotatable bonds is 4. The molecule has 1 fully saturated rings. The lowest BCUT2D eigenvalue weighted by Crippen LogP contribution is -2.23. The first-order valence-electron chi connectivity index (χ1n) is 9.61. The molecule has 0 spiro atoms. The van der Waals surface area contributed by atoms with Crippen molar-refractivity contribution in [2.75, 3.05) is 16.8 Å². The van der Waals surface area contributed by atoms with Crippen molar-refractivity contribution >= 4 is 23.2 Å². The van der Waals surface area contributed by atoms with Gasteiger partial charge in [-0.25, -0.2) is 4.39 Å². The fourth-order valence-corrected chi connectivity index (χ4v) is 3.85. The molecular formula is C23H22FN3O2. The van der Waals surface area contributed by atoms with E-state index in [-0.39, 0.29) is 17.6 Å². The number of benzene rings is 2. The van der Waals surface area contributed by atoms with Crippen LogP contribution in [0.1, 0.15) is 34.6 Å². The molecule has 1 N–H and O–H groups in total. The molecule has 0 atom stereocenters. The minimum Gasteiger partial charge on any atom is -0.322 e. The first-order chi connectivity index (χ1) is 13.9. The van der Waals surface area contributed by atoms with E-state index < -0.39 is 0 Å². The minimum atomic E-state index is -0.300. The SMILES string of the molecule is Cc1cc(C(=O)Nc2cccc(N3CCCC3=O)c2)c(C)n1-c1ccc(F)cc1. The van der Waals surface area contributed by atoms with Gasteiger partial charge in [-0.2, -0.15) is 0 Å². The minimum absolute atomic E-state index is 0.108. The molecule has 0 radical (unpaired) electrons. The zero-order valence-electron chi connectivity index (χ0n) is 16.4. The lowest BCUT2D eigenvalue weighted by atomic mass is 10.2. The van der Waals surface area contributed by atoms with Gasteiger partial charge in [0.15, 0.2) is 0 Å². The van der Waals surface area contributed by atoms with E-state index in [0.717, 1.165) is 29.2 Å². The van der Waals surface area contributed by atoms with E-state index >= 15 is 0 Å². The van der Waals surface area contributed by atoms with Crippen molar-refractivity contribution in [3.8, 4) is 5.69 Å². The van der Waals surface area contributed by atoms with Gasteiger partial charge in [0.25, 0.3) is 5.91 Å². The Bertz CT molecular complexity index is 1090. The summed E-state index contributed by atoms with van der Waals surface area (Å²) in [7, 11) is 0. The van der Waals surface area contributed by atoms with Crippen molar-refractivity contribution in [2.45, 2.75) is 26.7 Å². The Morgan fingerprint density at radius 3 is 2.48 bits per heavy atom. The number of hydrogen-bond acceptors (Lipinski definition) is 2. The van der Waals surface area contributed by atoms with Crippen LogP contribution in [0.5, 0.6) is 0 Å². The second-order valence-corrected chi connectivity index (χ2v) is 7.25. The Labute approximate surface area is 168 Å². The third kappa shape index (κ3) is 3.66. The lowest BCUT2D eigenvalue weighted by Gasteiger charge is -2.16. The molecule has 3 aromatic rings. The largest absolute Gasteiger partial charge is 0.322 e. The Kier molecular flexibility index (Phi) is 4.92.